The van der Waals surface area contributed by atoms with E-state index in [1.807, 2.05) is 35.7 Å². The van der Waals surface area contributed by atoms with E-state index in [0.717, 1.165) is 4.88 Å². The first-order valence-electron chi connectivity index (χ1n) is 4.95. The SMILES string of the molecule is O/C(=C\[C@@H](O)c1cccs1)c1ccccc1. The molecular weight excluding hydrogens is 220 g/mol. The van der Waals surface area contributed by atoms with Crippen LogP contribution in [0.4, 0.5) is 0 Å². The smallest absolute Gasteiger partial charge is 0.121 e. The molecule has 2 N–H and O–H groups in total. The Bertz CT molecular complexity index is 460. The van der Waals surface area contributed by atoms with E-state index in [4.69, 9.17) is 0 Å². The molecule has 0 fully saturated rings. The zero-order chi connectivity index (χ0) is 11.4. The van der Waals surface area contributed by atoms with Gasteiger partial charge in [0.15, 0.2) is 0 Å². The maximum atomic E-state index is 9.82. The monoisotopic (exact) mass is 232 g/mol. The number of aliphatic hydroxyl groups excluding tert-OH is 2. The normalized spacial score (nSPS) is 13.7. The van der Waals surface area contributed by atoms with Crippen LogP contribution in [0.2, 0.25) is 0 Å². The van der Waals surface area contributed by atoms with Crippen LogP contribution in [-0.4, -0.2) is 10.2 Å². The van der Waals surface area contributed by atoms with Crippen LogP contribution >= 0.6 is 11.3 Å². The zero-order valence-corrected chi connectivity index (χ0v) is 9.39. The molecule has 2 nitrogen and oxygen atoms in total. The summed E-state index contributed by atoms with van der Waals surface area (Å²) in [5, 5.41) is 21.5. The summed E-state index contributed by atoms with van der Waals surface area (Å²) in [5.74, 6) is 0.0986. The Morgan fingerprint density at radius 3 is 2.50 bits per heavy atom. The van der Waals surface area contributed by atoms with Crippen molar-refractivity contribution in [3.63, 3.8) is 0 Å². The molecule has 0 spiro atoms. The van der Waals surface area contributed by atoms with Crippen LogP contribution < -0.4 is 0 Å². The van der Waals surface area contributed by atoms with Gasteiger partial charge in [-0.15, -0.1) is 11.3 Å². The molecule has 1 aromatic heterocycles. The molecule has 0 unspecified atom stereocenters. The van der Waals surface area contributed by atoms with E-state index < -0.39 is 6.10 Å². The summed E-state index contributed by atoms with van der Waals surface area (Å²) in [6, 6.07) is 12.9. The number of rotatable bonds is 3. The largest absolute Gasteiger partial charge is 0.508 e. The first-order valence-corrected chi connectivity index (χ1v) is 5.83. The molecule has 2 rings (SSSR count). The van der Waals surface area contributed by atoms with Gasteiger partial charge in [0.2, 0.25) is 0 Å². The third-order valence-electron chi connectivity index (χ3n) is 2.22. The topological polar surface area (TPSA) is 40.5 Å². The highest BCUT2D eigenvalue weighted by atomic mass is 32.1. The van der Waals surface area contributed by atoms with E-state index in [1.165, 1.54) is 17.4 Å². The van der Waals surface area contributed by atoms with Crippen LogP contribution in [-0.2, 0) is 0 Å². The van der Waals surface area contributed by atoms with Crippen molar-refractivity contribution >= 4 is 17.1 Å². The lowest BCUT2D eigenvalue weighted by Crippen LogP contribution is -1.92. The van der Waals surface area contributed by atoms with Gasteiger partial charge in [-0.2, -0.15) is 0 Å². The van der Waals surface area contributed by atoms with Crippen LogP contribution in [0, 0.1) is 0 Å². The van der Waals surface area contributed by atoms with Gasteiger partial charge < -0.3 is 10.2 Å². The van der Waals surface area contributed by atoms with Crippen molar-refractivity contribution < 1.29 is 10.2 Å². The maximum absolute atomic E-state index is 9.82. The van der Waals surface area contributed by atoms with E-state index in [2.05, 4.69) is 0 Å². The highest BCUT2D eigenvalue weighted by molar-refractivity contribution is 7.10. The van der Waals surface area contributed by atoms with Gasteiger partial charge in [-0.3, -0.25) is 0 Å². The van der Waals surface area contributed by atoms with Crippen molar-refractivity contribution in [1.29, 1.82) is 0 Å². The average molecular weight is 232 g/mol. The minimum absolute atomic E-state index is 0.0986. The summed E-state index contributed by atoms with van der Waals surface area (Å²) in [6.07, 6.45) is 0.696. The molecule has 0 aliphatic heterocycles. The number of aliphatic hydroxyl groups is 2. The minimum Gasteiger partial charge on any atom is -0.508 e. The molecule has 0 aliphatic carbocycles. The zero-order valence-electron chi connectivity index (χ0n) is 8.58. The van der Waals surface area contributed by atoms with Crippen molar-refractivity contribution in [2.75, 3.05) is 0 Å². The van der Waals surface area contributed by atoms with Crippen molar-refractivity contribution in [3.8, 4) is 0 Å². The van der Waals surface area contributed by atoms with E-state index in [1.54, 1.807) is 12.1 Å². The molecule has 0 bridgehead atoms. The quantitative estimate of drug-likeness (QED) is 0.796. The highest BCUT2D eigenvalue weighted by Gasteiger charge is 2.07. The molecule has 0 saturated carbocycles. The first-order chi connectivity index (χ1) is 7.77. The summed E-state index contributed by atoms with van der Waals surface area (Å²) in [7, 11) is 0. The van der Waals surface area contributed by atoms with Crippen LogP contribution in [0.25, 0.3) is 5.76 Å². The van der Waals surface area contributed by atoms with E-state index in [0.29, 0.717) is 5.56 Å². The number of benzene rings is 1. The van der Waals surface area contributed by atoms with Gasteiger partial charge >= 0.3 is 0 Å². The molecule has 0 aliphatic rings. The van der Waals surface area contributed by atoms with Gasteiger partial charge in [-0.05, 0) is 17.5 Å². The van der Waals surface area contributed by atoms with Crippen LogP contribution in [0.3, 0.4) is 0 Å². The van der Waals surface area contributed by atoms with Crippen LogP contribution in [0.1, 0.15) is 16.5 Å². The number of hydrogen-bond donors (Lipinski definition) is 2. The summed E-state index contributed by atoms with van der Waals surface area (Å²) in [4.78, 5) is 0.822. The molecule has 16 heavy (non-hydrogen) atoms. The Balaban J connectivity index is 2.19. The molecule has 0 amide bonds. The van der Waals surface area contributed by atoms with Gasteiger partial charge in [0.1, 0.15) is 11.9 Å². The van der Waals surface area contributed by atoms with Gasteiger partial charge in [0.05, 0.1) is 0 Å². The second-order valence-corrected chi connectivity index (χ2v) is 4.36. The van der Waals surface area contributed by atoms with Gasteiger partial charge in [0, 0.05) is 10.4 Å². The molecule has 3 heteroatoms. The fourth-order valence-corrected chi connectivity index (χ4v) is 2.08. The third-order valence-corrected chi connectivity index (χ3v) is 3.16. The fraction of sp³-hybridized carbons (Fsp3) is 0.0769. The number of thiophene rings is 1. The van der Waals surface area contributed by atoms with Crippen molar-refractivity contribution in [1.82, 2.24) is 0 Å². The number of hydrogen-bond acceptors (Lipinski definition) is 3. The molecule has 2 aromatic rings. The van der Waals surface area contributed by atoms with Gasteiger partial charge in [-0.25, -0.2) is 0 Å². The summed E-state index contributed by atoms with van der Waals surface area (Å²) < 4.78 is 0. The molecular formula is C13H12O2S. The molecule has 1 heterocycles. The second-order valence-electron chi connectivity index (χ2n) is 3.38. The lowest BCUT2D eigenvalue weighted by Gasteiger charge is -2.04. The van der Waals surface area contributed by atoms with Gasteiger partial charge in [0.25, 0.3) is 0 Å². The van der Waals surface area contributed by atoms with Crippen molar-refractivity contribution in [3.05, 3.63) is 64.4 Å². The van der Waals surface area contributed by atoms with Crippen molar-refractivity contribution in [2.45, 2.75) is 6.10 Å². The Morgan fingerprint density at radius 1 is 1.12 bits per heavy atom. The van der Waals surface area contributed by atoms with Crippen molar-refractivity contribution in [2.24, 2.45) is 0 Å². The highest BCUT2D eigenvalue weighted by Crippen LogP contribution is 2.23. The predicted molar refractivity (Wildman–Crippen MR) is 66.3 cm³/mol. The predicted octanol–water partition coefficient (Wildman–Crippen LogP) is 3.38. The lowest BCUT2D eigenvalue weighted by molar-refractivity contribution is 0.230. The average Bonchev–Trinajstić information content (AvgIpc) is 2.83. The molecule has 1 aromatic carbocycles. The summed E-state index contributed by atoms with van der Waals surface area (Å²) in [6.45, 7) is 0. The summed E-state index contributed by atoms with van der Waals surface area (Å²) in [5.41, 5.74) is 0.707. The Kier molecular flexibility index (Phi) is 3.39. The summed E-state index contributed by atoms with van der Waals surface area (Å²) >= 11 is 1.46. The minimum atomic E-state index is -0.750. The maximum Gasteiger partial charge on any atom is 0.121 e. The Labute approximate surface area is 98.1 Å². The lowest BCUT2D eigenvalue weighted by atomic mass is 10.1. The standard InChI is InChI=1S/C13H12O2S/c14-11(10-5-2-1-3-6-10)9-12(15)13-7-4-8-16-13/h1-9,12,14-15H/b11-9-/t12-/m1/s1. The molecule has 82 valence electrons. The Morgan fingerprint density at radius 2 is 1.88 bits per heavy atom. The van der Waals surface area contributed by atoms with E-state index >= 15 is 0 Å². The third kappa shape index (κ3) is 2.51. The van der Waals surface area contributed by atoms with Crippen LogP contribution in [0.15, 0.2) is 53.9 Å². The first kappa shape index (κ1) is 10.9. The Hall–Kier alpha value is -1.58. The molecule has 0 saturated heterocycles. The molecule has 0 radical (unpaired) electrons. The van der Waals surface area contributed by atoms with E-state index in [-0.39, 0.29) is 5.76 Å². The molecule has 1 atom stereocenters. The van der Waals surface area contributed by atoms with Crippen LogP contribution in [0.5, 0.6) is 0 Å². The van der Waals surface area contributed by atoms with E-state index in [9.17, 15) is 10.2 Å². The fourth-order valence-electron chi connectivity index (χ4n) is 1.40. The second kappa shape index (κ2) is 4.96. The van der Waals surface area contributed by atoms with Gasteiger partial charge in [-0.1, -0.05) is 36.4 Å².